The van der Waals surface area contributed by atoms with Gasteiger partial charge < -0.3 is 0 Å². The molecule has 0 bridgehead atoms. The van der Waals surface area contributed by atoms with Crippen LogP contribution in [0.2, 0.25) is 0 Å². The monoisotopic (exact) mass is 341 g/mol. The first kappa shape index (κ1) is 15.7. The van der Waals surface area contributed by atoms with Gasteiger partial charge in [0.25, 0.3) is 0 Å². The molecule has 2 heterocycles. The molecule has 124 valence electrons. The van der Waals surface area contributed by atoms with Crippen molar-refractivity contribution in [2.75, 3.05) is 0 Å². The zero-order valence-electron chi connectivity index (χ0n) is 13.5. The fourth-order valence-corrected chi connectivity index (χ4v) is 2.62. The van der Waals surface area contributed by atoms with Crippen LogP contribution in [0.4, 0.5) is 15.9 Å². The van der Waals surface area contributed by atoms with Gasteiger partial charge in [-0.3, -0.25) is 4.40 Å². The van der Waals surface area contributed by atoms with Crippen molar-refractivity contribution in [1.29, 1.82) is 5.26 Å². The van der Waals surface area contributed by atoms with Gasteiger partial charge in [0, 0.05) is 11.8 Å². The number of nitriles is 1. The minimum absolute atomic E-state index is 0.311. The zero-order chi connectivity index (χ0) is 17.9. The van der Waals surface area contributed by atoms with Crippen molar-refractivity contribution in [1.82, 2.24) is 9.38 Å². The summed E-state index contributed by atoms with van der Waals surface area (Å²) < 4.78 is 15.1. The minimum Gasteiger partial charge on any atom is -0.283 e. The van der Waals surface area contributed by atoms with E-state index in [-0.39, 0.29) is 5.82 Å². The zero-order valence-corrected chi connectivity index (χ0v) is 13.5. The molecule has 0 saturated heterocycles. The third-order valence-electron chi connectivity index (χ3n) is 3.86. The third-order valence-corrected chi connectivity index (χ3v) is 3.86. The summed E-state index contributed by atoms with van der Waals surface area (Å²) in [7, 11) is 0. The SMILES string of the molecule is N#Cc1cccc(N=Nc2c(-c3ccc(F)cc3)nc3ccccn23)c1. The summed E-state index contributed by atoms with van der Waals surface area (Å²) in [5, 5.41) is 17.6. The van der Waals surface area contributed by atoms with E-state index < -0.39 is 0 Å². The number of pyridine rings is 1. The molecule has 0 amide bonds. The lowest BCUT2D eigenvalue weighted by Crippen LogP contribution is -1.82. The summed E-state index contributed by atoms with van der Waals surface area (Å²) in [6.07, 6.45) is 1.84. The van der Waals surface area contributed by atoms with Gasteiger partial charge in [-0.1, -0.05) is 12.1 Å². The normalized spacial score (nSPS) is 11.1. The molecule has 0 aliphatic heterocycles. The van der Waals surface area contributed by atoms with Crippen LogP contribution >= 0.6 is 0 Å². The summed E-state index contributed by atoms with van der Waals surface area (Å²) in [5.74, 6) is 0.226. The molecular formula is C20H12FN5. The van der Waals surface area contributed by atoms with Gasteiger partial charge in [-0.2, -0.15) is 5.26 Å². The highest BCUT2D eigenvalue weighted by atomic mass is 19.1. The van der Waals surface area contributed by atoms with Crippen molar-refractivity contribution < 1.29 is 4.39 Å². The second-order valence-corrected chi connectivity index (χ2v) is 5.58. The number of hydrogen-bond acceptors (Lipinski definition) is 4. The van der Waals surface area contributed by atoms with E-state index in [9.17, 15) is 4.39 Å². The third kappa shape index (κ3) is 2.94. The molecule has 0 saturated carbocycles. The molecule has 4 aromatic rings. The quantitative estimate of drug-likeness (QED) is 0.466. The van der Waals surface area contributed by atoms with Gasteiger partial charge in [0.2, 0.25) is 0 Å². The van der Waals surface area contributed by atoms with E-state index in [1.165, 1.54) is 12.1 Å². The van der Waals surface area contributed by atoms with Gasteiger partial charge in [-0.15, -0.1) is 10.2 Å². The Hall–Kier alpha value is -3.85. The Labute approximate surface area is 148 Å². The molecule has 6 heteroatoms. The molecule has 0 aliphatic carbocycles. The van der Waals surface area contributed by atoms with E-state index >= 15 is 0 Å². The van der Waals surface area contributed by atoms with Crippen molar-refractivity contribution in [3.05, 3.63) is 84.3 Å². The molecule has 4 rings (SSSR count). The summed E-state index contributed by atoms with van der Waals surface area (Å²) in [6.45, 7) is 0. The lowest BCUT2D eigenvalue weighted by Gasteiger charge is -2.00. The van der Waals surface area contributed by atoms with Crippen LogP contribution in [0.1, 0.15) is 5.56 Å². The molecule has 2 aromatic heterocycles. The van der Waals surface area contributed by atoms with E-state index in [1.807, 2.05) is 28.8 Å². The van der Waals surface area contributed by atoms with Crippen molar-refractivity contribution in [2.45, 2.75) is 0 Å². The highest BCUT2D eigenvalue weighted by molar-refractivity contribution is 5.74. The Morgan fingerprint density at radius 2 is 1.81 bits per heavy atom. The Kier molecular flexibility index (Phi) is 3.96. The first-order valence-electron chi connectivity index (χ1n) is 7.89. The number of fused-ring (bicyclic) bond motifs is 1. The maximum Gasteiger partial charge on any atom is 0.187 e. The topological polar surface area (TPSA) is 65.8 Å². The molecule has 0 atom stereocenters. The number of hydrogen-bond donors (Lipinski definition) is 0. The second-order valence-electron chi connectivity index (χ2n) is 5.58. The highest BCUT2D eigenvalue weighted by Crippen LogP contribution is 2.32. The molecule has 0 fully saturated rings. The molecular weight excluding hydrogens is 329 g/mol. The van der Waals surface area contributed by atoms with Crippen LogP contribution in [0, 0.1) is 17.1 Å². The van der Waals surface area contributed by atoms with Gasteiger partial charge in [-0.25, -0.2) is 9.37 Å². The van der Waals surface area contributed by atoms with E-state index in [0.717, 1.165) is 5.56 Å². The molecule has 5 nitrogen and oxygen atoms in total. The van der Waals surface area contributed by atoms with Crippen LogP contribution in [0.3, 0.4) is 0 Å². The average molecular weight is 341 g/mol. The first-order chi connectivity index (χ1) is 12.7. The lowest BCUT2D eigenvalue weighted by molar-refractivity contribution is 0.628. The first-order valence-corrected chi connectivity index (χ1v) is 7.89. The van der Waals surface area contributed by atoms with E-state index in [0.29, 0.717) is 28.4 Å². The largest absolute Gasteiger partial charge is 0.283 e. The Morgan fingerprint density at radius 3 is 2.62 bits per heavy atom. The van der Waals surface area contributed by atoms with E-state index in [2.05, 4.69) is 21.3 Å². The number of nitrogens with zero attached hydrogens (tertiary/aromatic N) is 5. The predicted octanol–water partition coefficient (Wildman–Crippen LogP) is 5.43. The number of rotatable bonds is 3. The van der Waals surface area contributed by atoms with Crippen molar-refractivity contribution in [3.8, 4) is 17.3 Å². The fraction of sp³-hybridized carbons (Fsp3) is 0. The minimum atomic E-state index is -0.311. The van der Waals surface area contributed by atoms with Crippen LogP contribution in [-0.2, 0) is 0 Å². The number of benzene rings is 2. The van der Waals surface area contributed by atoms with Crippen molar-refractivity contribution >= 4 is 17.2 Å². The van der Waals surface area contributed by atoms with Crippen LogP contribution in [0.5, 0.6) is 0 Å². The second kappa shape index (κ2) is 6.57. The smallest absolute Gasteiger partial charge is 0.187 e. The van der Waals surface area contributed by atoms with Gasteiger partial charge in [-0.05, 0) is 54.6 Å². The average Bonchev–Trinajstić information content (AvgIpc) is 3.05. The molecule has 2 aromatic carbocycles. The summed E-state index contributed by atoms with van der Waals surface area (Å²) >= 11 is 0. The Morgan fingerprint density at radius 1 is 0.962 bits per heavy atom. The summed E-state index contributed by atoms with van der Waals surface area (Å²) in [4.78, 5) is 4.59. The lowest BCUT2D eigenvalue weighted by atomic mass is 10.1. The molecule has 0 N–H and O–H groups in total. The van der Waals surface area contributed by atoms with E-state index in [4.69, 9.17) is 5.26 Å². The molecule has 0 spiro atoms. The van der Waals surface area contributed by atoms with Crippen LogP contribution in [0.15, 0.2) is 83.2 Å². The van der Waals surface area contributed by atoms with Crippen molar-refractivity contribution in [2.24, 2.45) is 10.2 Å². The number of imidazole rings is 1. The fourth-order valence-electron chi connectivity index (χ4n) is 2.62. The standard InChI is InChI=1S/C20H12FN5/c21-16-9-7-15(8-10-16)19-20(26-11-2-1-6-18(26)23-19)25-24-17-5-3-4-14(12-17)13-22/h1-12H. The van der Waals surface area contributed by atoms with Crippen molar-refractivity contribution in [3.63, 3.8) is 0 Å². The summed E-state index contributed by atoms with van der Waals surface area (Å²) in [5.41, 5.74) is 3.15. The van der Waals surface area contributed by atoms with Gasteiger partial charge in [0.1, 0.15) is 17.2 Å². The van der Waals surface area contributed by atoms with Gasteiger partial charge in [0.05, 0.1) is 17.3 Å². The maximum atomic E-state index is 13.3. The number of azo groups is 1. The number of halogens is 1. The van der Waals surface area contributed by atoms with Gasteiger partial charge >= 0.3 is 0 Å². The van der Waals surface area contributed by atoms with E-state index in [1.54, 1.807) is 36.4 Å². The van der Waals surface area contributed by atoms with Crippen LogP contribution in [0.25, 0.3) is 16.9 Å². The van der Waals surface area contributed by atoms with Gasteiger partial charge in [0.15, 0.2) is 5.82 Å². The Bertz CT molecular complexity index is 1150. The summed E-state index contributed by atoms with van der Waals surface area (Å²) in [6, 6.07) is 20.7. The van der Waals surface area contributed by atoms with Crippen LogP contribution in [-0.4, -0.2) is 9.38 Å². The predicted molar refractivity (Wildman–Crippen MR) is 95.9 cm³/mol. The molecule has 0 aliphatic rings. The highest BCUT2D eigenvalue weighted by Gasteiger charge is 2.13. The van der Waals surface area contributed by atoms with Crippen LogP contribution < -0.4 is 0 Å². The molecule has 26 heavy (non-hydrogen) atoms. The Balaban J connectivity index is 1.85. The number of aromatic nitrogens is 2. The molecule has 0 unspecified atom stereocenters. The molecule has 0 radical (unpaired) electrons. The maximum absolute atomic E-state index is 13.3.